The van der Waals surface area contributed by atoms with E-state index in [1.54, 1.807) is 0 Å². The molecule has 0 aromatic carbocycles. The molecule has 1 heterocycles. The largest absolute Gasteiger partial charge is 0.469 e. The van der Waals surface area contributed by atoms with Crippen LogP contribution in [0.4, 0.5) is 4.79 Å². The number of hydrogen-bond acceptors (Lipinski definition) is 6. The van der Waals surface area contributed by atoms with E-state index in [9.17, 15) is 19.2 Å². The minimum atomic E-state index is -1.09. The first-order chi connectivity index (χ1) is 8.06. The molecule has 0 unspecified atom stereocenters. The lowest BCUT2D eigenvalue weighted by Gasteiger charge is -2.32. The van der Waals surface area contributed by atoms with Crippen LogP contribution in [0.2, 0.25) is 0 Å². The van der Waals surface area contributed by atoms with Gasteiger partial charge in [0, 0.05) is 6.42 Å². The van der Waals surface area contributed by atoms with Crippen molar-refractivity contribution in [1.82, 2.24) is 4.90 Å². The van der Waals surface area contributed by atoms with E-state index in [1.807, 2.05) is 0 Å². The van der Waals surface area contributed by atoms with Gasteiger partial charge in [-0.1, -0.05) is 0 Å². The number of nitrogens with zero attached hydrogens (tertiary/aromatic N) is 1. The van der Waals surface area contributed by atoms with Crippen molar-refractivity contribution in [1.29, 1.82) is 0 Å². The summed E-state index contributed by atoms with van der Waals surface area (Å²) in [5, 5.41) is 0. The molecule has 0 N–H and O–H groups in total. The summed E-state index contributed by atoms with van der Waals surface area (Å²) in [6.45, 7) is 0.240. The third-order valence-electron chi connectivity index (χ3n) is 2.97. The number of Topliss-reactive ketones (excluding diaryl/α,β-unsaturated/α-hetero) is 1. The van der Waals surface area contributed by atoms with Crippen LogP contribution in [0.15, 0.2) is 0 Å². The molecule has 0 aromatic rings. The molecule has 0 aromatic heterocycles. The van der Waals surface area contributed by atoms with E-state index in [4.69, 9.17) is 0 Å². The molecule has 17 heavy (non-hydrogen) atoms. The van der Waals surface area contributed by atoms with E-state index in [2.05, 4.69) is 9.47 Å². The van der Waals surface area contributed by atoms with Gasteiger partial charge in [0.15, 0.2) is 0 Å². The molecule has 2 amide bonds. The van der Waals surface area contributed by atoms with Crippen molar-refractivity contribution in [2.24, 2.45) is 11.8 Å². The molecule has 92 valence electrons. The molecule has 2 aliphatic rings. The fourth-order valence-electron chi connectivity index (χ4n) is 1.97. The Labute approximate surface area is 96.6 Å². The van der Waals surface area contributed by atoms with Gasteiger partial charge < -0.3 is 9.47 Å². The van der Waals surface area contributed by atoms with Gasteiger partial charge in [-0.25, -0.2) is 9.69 Å². The van der Waals surface area contributed by atoms with Gasteiger partial charge in [-0.2, -0.15) is 0 Å². The fraction of sp³-hybridized carbons (Fsp3) is 0.600. The Balaban J connectivity index is 2.10. The van der Waals surface area contributed by atoms with Crippen LogP contribution >= 0.6 is 0 Å². The molecule has 2 rings (SSSR count). The number of ketones is 1. The van der Waals surface area contributed by atoms with Crippen LogP contribution in [0.3, 0.4) is 0 Å². The van der Waals surface area contributed by atoms with Crippen molar-refractivity contribution in [2.75, 3.05) is 20.3 Å². The van der Waals surface area contributed by atoms with Crippen LogP contribution in [0.5, 0.6) is 0 Å². The zero-order valence-electron chi connectivity index (χ0n) is 9.17. The van der Waals surface area contributed by atoms with Crippen LogP contribution in [-0.2, 0) is 23.9 Å². The van der Waals surface area contributed by atoms with Crippen molar-refractivity contribution in [3.8, 4) is 0 Å². The minimum absolute atomic E-state index is 0.00797. The van der Waals surface area contributed by atoms with Crippen LogP contribution in [-0.4, -0.2) is 48.9 Å². The summed E-state index contributed by atoms with van der Waals surface area (Å²) in [4.78, 5) is 46.6. The number of methoxy groups -OCH3 is 1. The normalized spacial score (nSPS) is 27.5. The number of hydrogen-bond donors (Lipinski definition) is 0. The van der Waals surface area contributed by atoms with Crippen LogP contribution in [0.25, 0.3) is 0 Å². The maximum Gasteiger partial charge on any atom is 0.416 e. The first kappa shape index (κ1) is 11.6. The van der Waals surface area contributed by atoms with E-state index in [0.717, 1.165) is 4.90 Å². The second kappa shape index (κ2) is 4.15. The Morgan fingerprint density at radius 1 is 1.41 bits per heavy atom. The number of ether oxygens (including phenoxy) is 2. The summed E-state index contributed by atoms with van der Waals surface area (Å²) < 4.78 is 9.10. The highest BCUT2D eigenvalue weighted by atomic mass is 16.6. The minimum Gasteiger partial charge on any atom is -0.469 e. The molecule has 2 atom stereocenters. The molecule has 7 heteroatoms. The summed E-state index contributed by atoms with van der Waals surface area (Å²) in [6.07, 6.45) is -0.773. The standard InChI is InChI=1S/C10H11NO6/c1-16-9(14)5-4-6(12)7(5)8(13)11-2-3-17-10(11)15/h5,7H,2-4H2,1H3/t5-,7+/m1/s1. The highest BCUT2D eigenvalue weighted by Gasteiger charge is 2.52. The summed E-state index contributed by atoms with van der Waals surface area (Å²) in [5.74, 6) is -3.47. The first-order valence-electron chi connectivity index (χ1n) is 5.15. The number of cyclic esters (lactones) is 1. The lowest BCUT2D eigenvalue weighted by Crippen LogP contribution is -2.52. The predicted octanol–water partition coefficient (Wildman–Crippen LogP) is -0.657. The third-order valence-corrected chi connectivity index (χ3v) is 2.97. The number of carbonyl (C=O) groups excluding carboxylic acids is 4. The fourth-order valence-corrected chi connectivity index (χ4v) is 1.97. The molecule has 7 nitrogen and oxygen atoms in total. The van der Waals surface area contributed by atoms with Gasteiger partial charge in [0.2, 0.25) is 5.91 Å². The van der Waals surface area contributed by atoms with Gasteiger partial charge in [0.1, 0.15) is 18.3 Å². The maximum absolute atomic E-state index is 11.9. The Kier molecular flexibility index (Phi) is 2.83. The summed E-state index contributed by atoms with van der Waals surface area (Å²) in [6, 6.07) is 0. The van der Waals surface area contributed by atoms with Crippen molar-refractivity contribution in [3.63, 3.8) is 0 Å². The third kappa shape index (κ3) is 1.77. The average Bonchev–Trinajstić information content (AvgIpc) is 2.71. The SMILES string of the molecule is COC(=O)[C@@H]1CC(=O)[C@H]1C(=O)N1CCOC1=O. The monoisotopic (exact) mass is 241 g/mol. The lowest BCUT2D eigenvalue weighted by molar-refractivity contribution is -0.164. The van der Waals surface area contributed by atoms with Crippen LogP contribution in [0, 0.1) is 11.8 Å². The highest BCUT2D eigenvalue weighted by Crippen LogP contribution is 2.33. The smallest absolute Gasteiger partial charge is 0.416 e. The average molecular weight is 241 g/mol. The number of rotatable bonds is 2. The maximum atomic E-state index is 11.9. The molecular weight excluding hydrogens is 230 g/mol. The van der Waals surface area contributed by atoms with Crippen molar-refractivity contribution in [2.45, 2.75) is 6.42 Å². The summed E-state index contributed by atoms with van der Waals surface area (Å²) in [7, 11) is 1.19. The van der Waals surface area contributed by atoms with E-state index in [0.29, 0.717) is 0 Å². The van der Waals surface area contributed by atoms with Crippen molar-refractivity contribution in [3.05, 3.63) is 0 Å². The topological polar surface area (TPSA) is 90.0 Å². The van der Waals surface area contributed by atoms with Gasteiger partial charge in [-0.15, -0.1) is 0 Å². The molecule has 1 aliphatic carbocycles. The van der Waals surface area contributed by atoms with Crippen molar-refractivity contribution >= 4 is 23.8 Å². The van der Waals surface area contributed by atoms with Gasteiger partial charge >= 0.3 is 12.1 Å². The zero-order chi connectivity index (χ0) is 12.6. The van der Waals surface area contributed by atoms with E-state index in [1.165, 1.54) is 7.11 Å². The molecule has 1 aliphatic heterocycles. The van der Waals surface area contributed by atoms with E-state index < -0.39 is 29.8 Å². The molecule has 2 fully saturated rings. The molecule has 0 radical (unpaired) electrons. The predicted molar refractivity (Wildman–Crippen MR) is 51.7 cm³/mol. The van der Waals surface area contributed by atoms with E-state index >= 15 is 0 Å². The summed E-state index contributed by atoms with van der Waals surface area (Å²) in [5.41, 5.74) is 0. The van der Waals surface area contributed by atoms with Crippen LogP contribution in [0.1, 0.15) is 6.42 Å². The molecule has 0 spiro atoms. The van der Waals surface area contributed by atoms with Gasteiger partial charge in [-0.3, -0.25) is 14.4 Å². The quantitative estimate of drug-likeness (QED) is 0.471. The molecule has 1 saturated carbocycles. The molecule has 0 bridgehead atoms. The van der Waals surface area contributed by atoms with Gasteiger partial charge in [0.05, 0.1) is 19.6 Å². The molecular formula is C10H11NO6. The number of carbonyl (C=O) groups is 4. The number of esters is 1. The lowest BCUT2D eigenvalue weighted by atomic mass is 9.71. The number of imide groups is 1. The zero-order valence-corrected chi connectivity index (χ0v) is 9.17. The molecule has 1 saturated heterocycles. The second-order valence-corrected chi connectivity index (χ2v) is 3.88. The number of amides is 2. The Bertz CT molecular complexity index is 404. The second-order valence-electron chi connectivity index (χ2n) is 3.88. The first-order valence-corrected chi connectivity index (χ1v) is 5.15. The van der Waals surface area contributed by atoms with Gasteiger partial charge in [0.25, 0.3) is 0 Å². The Hall–Kier alpha value is -1.92. The Morgan fingerprint density at radius 3 is 2.59 bits per heavy atom. The van der Waals surface area contributed by atoms with E-state index in [-0.39, 0.29) is 25.4 Å². The summed E-state index contributed by atoms with van der Waals surface area (Å²) >= 11 is 0. The van der Waals surface area contributed by atoms with Gasteiger partial charge in [-0.05, 0) is 0 Å². The highest BCUT2D eigenvalue weighted by molar-refractivity contribution is 6.13. The van der Waals surface area contributed by atoms with Crippen molar-refractivity contribution < 1.29 is 28.7 Å². The van der Waals surface area contributed by atoms with Crippen LogP contribution < -0.4 is 0 Å². The Morgan fingerprint density at radius 2 is 2.12 bits per heavy atom.